The molecule has 0 N–H and O–H groups in total. The molecule has 2 unspecified atom stereocenters. The van der Waals surface area contributed by atoms with Gasteiger partial charge in [-0.2, -0.15) is 0 Å². The summed E-state index contributed by atoms with van der Waals surface area (Å²) < 4.78 is 26.2. The standard InChI is InChI=1S/C10H17F2N/c1-7(2)13-5-3-4-8-9(6-13)10(8,11)12/h7-9H,3-6H2,1-2H3. The molecular weight excluding hydrogens is 172 g/mol. The molecule has 1 saturated heterocycles. The van der Waals surface area contributed by atoms with E-state index in [1.165, 1.54) is 0 Å². The molecule has 13 heavy (non-hydrogen) atoms. The zero-order chi connectivity index (χ0) is 9.64. The lowest BCUT2D eigenvalue weighted by atomic mass is 10.2. The predicted molar refractivity (Wildman–Crippen MR) is 47.9 cm³/mol. The summed E-state index contributed by atoms with van der Waals surface area (Å²) in [7, 11) is 0. The molecule has 1 heterocycles. The first-order valence-corrected chi connectivity index (χ1v) is 5.15. The molecule has 0 amide bonds. The molecular formula is C10H17F2N. The number of likely N-dealkylation sites (tertiary alicyclic amines) is 1. The van der Waals surface area contributed by atoms with Crippen LogP contribution in [0.2, 0.25) is 0 Å². The van der Waals surface area contributed by atoms with Gasteiger partial charge in [0.05, 0.1) is 0 Å². The molecule has 2 rings (SSSR count). The van der Waals surface area contributed by atoms with E-state index in [2.05, 4.69) is 18.7 Å². The van der Waals surface area contributed by atoms with Crippen LogP contribution < -0.4 is 0 Å². The molecule has 0 aromatic carbocycles. The zero-order valence-electron chi connectivity index (χ0n) is 8.26. The molecule has 0 aromatic heterocycles. The zero-order valence-corrected chi connectivity index (χ0v) is 8.26. The number of hydrogen-bond donors (Lipinski definition) is 0. The second-order valence-electron chi connectivity index (χ2n) is 4.62. The van der Waals surface area contributed by atoms with Crippen LogP contribution in [0.5, 0.6) is 0 Å². The van der Waals surface area contributed by atoms with Crippen LogP contribution in [0.1, 0.15) is 26.7 Å². The first kappa shape index (κ1) is 9.38. The van der Waals surface area contributed by atoms with Gasteiger partial charge in [-0.3, -0.25) is 0 Å². The monoisotopic (exact) mass is 189 g/mol. The summed E-state index contributed by atoms with van der Waals surface area (Å²) in [5.74, 6) is -2.97. The smallest absolute Gasteiger partial charge is 0.255 e. The van der Waals surface area contributed by atoms with Crippen molar-refractivity contribution in [3.63, 3.8) is 0 Å². The molecule has 0 bridgehead atoms. The first-order chi connectivity index (χ1) is 6.03. The van der Waals surface area contributed by atoms with Crippen molar-refractivity contribution >= 4 is 0 Å². The molecule has 2 fully saturated rings. The minimum atomic E-state index is -2.34. The van der Waals surface area contributed by atoms with Gasteiger partial charge in [0.2, 0.25) is 0 Å². The van der Waals surface area contributed by atoms with Crippen LogP contribution in [0, 0.1) is 11.8 Å². The number of fused-ring (bicyclic) bond motifs is 1. The number of rotatable bonds is 1. The number of nitrogens with zero attached hydrogens (tertiary/aromatic N) is 1. The molecule has 0 spiro atoms. The van der Waals surface area contributed by atoms with E-state index in [9.17, 15) is 8.78 Å². The summed E-state index contributed by atoms with van der Waals surface area (Å²) in [6, 6.07) is 0.412. The molecule has 2 atom stereocenters. The van der Waals surface area contributed by atoms with Gasteiger partial charge in [0.15, 0.2) is 0 Å². The van der Waals surface area contributed by atoms with Crippen LogP contribution in [-0.2, 0) is 0 Å². The Morgan fingerprint density at radius 1 is 1.31 bits per heavy atom. The fourth-order valence-corrected chi connectivity index (χ4v) is 2.43. The Labute approximate surface area is 78.1 Å². The largest absolute Gasteiger partial charge is 0.300 e. The fourth-order valence-electron chi connectivity index (χ4n) is 2.43. The Kier molecular flexibility index (Phi) is 2.10. The second kappa shape index (κ2) is 2.91. The lowest BCUT2D eigenvalue weighted by Crippen LogP contribution is -2.34. The minimum Gasteiger partial charge on any atom is -0.300 e. The average molecular weight is 189 g/mol. The fraction of sp³-hybridized carbons (Fsp3) is 1.00. The molecule has 76 valence electrons. The highest BCUT2D eigenvalue weighted by Gasteiger charge is 2.67. The van der Waals surface area contributed by atoms with E-state index in [1.807, 2.05) is 0 Å². The van der Waals surface area contributed by atoms with Crippen molar-refractivity contribution in [1.82, 2.24) is 4.90 Å². The highest BCUT2D eigenvalue weighted by Crippen LogP contribution is 2.58. The third-order valence-electron chi connectivity index (χ3n) is 3.49. The maximum Gasteiger partial charge on any atom is 0.255 e. The summed E-state index contributed by atoms with van der Waals surface area (Å²) in [6.45, 7) is 5.78. The van der Waals surface area contributed by atoms with E-state index >= 15 is 0 Å². The molecule has 0 radical (unpaired) electrons. The van der Waals surface area contributed by atoms with Gasteiger partial charge >= 0.3 is 0 Å². The van der Waals surface area contributed by atoms with Crippen LogP contribution in [0.25, 0.3) is 0 Å². The number of alkyl halides is 2. The highest BCUT2D eigenvalue weighted by molar-refractivity contribution is 5.07. The van der Waals surface area contributed by atoms with Crippen molar-refractivity contribution in [2.24, 2.45) is 11.8 Å². The topological polar surface area (TPSA) is 3.24 Å². The Balaban J connectivity index is 2.00. The third-order valence-corrected chi connectivity index (χ3v) is 3.49. The lowest BCUT2D eigenvalue weighted by molar-refractivity contribution is 0.0647. The van der Waals surface area contributed by atoms with Gasteiger partial charge in [0.1, 0.15) is 0 Å². The second-order valence-corrected chi connectivity index (χ2v) is 4.62. The summed E-state index contributed by atoms with van der Waals surface area (Å²) in [4.78, 5) is 2.19. The predicted octanol–water partition coefficient (Wildman–Crippen LogP) is 2.37. The van der Waals surface area contributed by atoms with Crippen LogP contribution in [0.15, 0.2) is 0 Å². The Morgan fingerprint density at radius 3 is 2.62 bits per heavy atom. The van der Waals surface area contributed by atoms with Crippen LogP contribution in [-0.4, -0.2) is 30.0 Å². The van der Waals surface area contributed by atoms with Gasteiger partial charge in [-0.25, -0.2) is 8.78 Å². The van der Waals surface area contributed by atoms with E-state index in [1.54, 1.807) is 0 Å². The lowest BCUT2D eigenvalue weighted by Gasteiger charge is -2.25. The minimum absolute atomic E-state index is 0.295. The SMILES string of the molecule is CC(C)N1CCCC2C(C1)C2(F)F. The van der Waals surface area contributed by atoms with Gasteiger partial charge in [-0.15, -0.1) is 0 Å². The normalized spacial score (nSPS) is 38.5. The molecule has 1 aliphatic heterocycles. The van der Waals surface area contributed by atoms with Crippen molar-refractivity contribution < 1.29 is 8.78 Å². The van der Waals surface area contributed by atoms with Gasteiger partial charge in [-0.05, 0) is 33.2 Å². The maximum atomic E-state index is 13.1. The summed E-state index contributed by atoms with van der Waals surface area (Å²) in [6.07, 6.45) is 1.66. The molecule has 3 heteroatoms. The van der Waals surface area contributed by atoms with Crippen LogP contribution >= 0.6 is 0 Å². The summed E-state index contributed by atoms with van der Waals surface area (Å²) >= 11 is 0. The van der Waals surface area contributed by atoms with E-state index in [-0.39, 0.29) is 11.8 Å². The summed E-state index contributed by atoms with van der Waals surface area (Å²) in [5.41, 5.74) is 0. The van der Waals surface area contributed by atoms with E-state index in [4.69, 9.17) is 0 Å². The van der Waals surface area contributed by atoms with Crippen LogP contribution in [0.4, 0.5) is 8.78 Å². The quantitative estimate of drug-likeness (QED) is 0.612. The van der Waals surface area contributed by atoms with Gasteiger partial charge in [0, 0.05) is 24.4 Å². The van der Waals surface area contributed by atoms with Crippen molar-refractivity contribution in [2.75, 3.05) is 13.1 Å². The van der Waals surface area contributed by atoms with Crippen molar-refractivity contribution in [3.05, 3.63) is 0 Å². The van der Waals surface area contributed by atoms with Crippen molar-refractivity contribution in [1.29, 1.82) is 0 Å². The van der Waals surface area contributed by atoms with Gasteiger partial charge < -0.3 is 4.90 Å². The Morgan fingerprint density at radius 2 is 2.00 bits per heavy atom. The Bertz CT molecular complexity index is 203. The highest BCUT2D eigenvalue weighted by atomic mass is 19.3. The number of halogens is 2. The van der Waals surface area contributed by atoms with E-state index in [0.717, 1.165) is 19.4 Å². The average Bonchev–Trinajstić information content (AvgIpc) is 2.62. The molecule has 0 aromatic rings. The molecule has 2 aliphatic rings. The third kappa shape index (κ3) is 1.47. The number of hydrogen-bond acceptors (Lipinski definition) is 1. The first-order valence-electron chi connectivity index (χ1n) is 5.15. The van der Waals surface area contributed by atoms with Crippen molar-refractivity contribution in [2.45, 2.75) is 38.7 Å². The Hall–Kier alpha value is -0.180. The molecule has 1 nitrogen and oxygen atoms in total. The van der Waals surface area contributed by atoms with E-state index in [0.29, 0.717) is 12.6 Å². The van der Waals surface area contributed by atoms with Gasteiger partial charge in [-0.1, -0.05) is 0 Å². The van der Waals surface area contributed by atoms with E-state index < -0.39 is 5.92 Å². The van der Waals surface area contributed by atoms with Gasteiger partial charge in [0.25, 0.3) is 5.92 Å². The summed E-state index contributed by atoms with van der Waals surface area (Å²) in [5, 5.41) is 0. The maximum absolute atomic E-state index is 13.1. The van der Waals surface area contributed by atoms with Crippen LogP contribution in [0.3, 0.4) is 0 Å². The van der Waals surface area contributed by atoms with Crippen molar-refractivity contribution in [3.8, 4) is 0 Å². The molecule has 1 aliphatic carbocycles. The molecule has 1 saturated carbocycles.